The van der Waals surface area contributed by atoms with Gasteiger partial charge in [0.25, 0.3) is 10.0 Å². The summed E-state index contributed by atoms with van der Waals surface area (Å²) in [5, 5.41) is 10.1. The summed E-state index contributed by atoms with van der Waals surface area (Å²) < 4.78 is 32.4. The molecular formula is C12H18N2O5S2. The molecule has 1 aliphatic rings. The average Bonchev–Trinajstić information content (AvgIpc) is 2.77. The van der Waals surface area contributed by atoms with Crippen molar-refractivity contribution in [3.05, 3.63) is 10.7 Å². The van der Waals surface area contributed by atoms with Gasteiger partial charge in [-0.25, -0.2) is 18.1 Å². The van der Waals surface area contributed by atoms with Crippen molar-refractivity contribution in [2.24, 2.45) is 5.41 Å². The summed E-state index contributed by atoms with van der Waals surface area (Å²) in [6.45, 7) is 3.87. The predicted octanol–water partition coefficient (Wildman–Crippen LogP) is 0.920. The Kier molecular flexibility index (Phi) is 4.66. The number of hydrogen-bond acceptors (Lipinski definition) is 6. The summed E-state index contributed by atoms with van der Waals surface area (Å²) in [6, 6.07) is 0. The summed E-state index contributed by atoms with van der Waals surface area (Å²) in [6.07, 6.45) is 0.594. The smallest absolute Gasteiger partial charge is 0.311 e. The van der Waals surface area contributed by atoms with Crippen LogP contribution in [0.3, 0.4) is 0 Å². The molecule has 118 valence electrons. The zero-order valence-electron chi connectivity index (χ0n) is 11.9. The van der Waals surface area contributed by atoms with Crippen molar-refractivity contribution in [1.82, 2.24) is 9.71 Å². The van der Waals surface area contributed by atoms with E-state index in [1.807, 2.05) is 0 Å². The first kappa shape index (κ1) is 16.3. The van der Waals surface area contributed by atoms with E-state index in [1.54, 1.807) is 13.8 Å². The molecule has 0 bridgehead atoms. The van der Waals surface area contributed by atoms with Gasteiger partial charge in [-0.05, 0) is 26.7 Å². The number of nitrogens with one attached hydrogen (secondary N) is 1. The van der Waals surface area contributed by atoms with E-state index in [0.717, 1.165) is 11.3 Å². The van der Waals surface area contributed by atoms with Crippen molar-refractivity contribution in [2.45, 2.75) is 30.9 Å². The van der Waals surface area contributed by atoms with Crippen LogP contribution in [0, 0.1) is 19.3 Å². The number of carboxylic acids is 1. The molecule has 0 aromatic carbocycles. The molecule has 0 aliphatic carbocycles. The zero-order valence-corrected chi connectivity index (χ0v) is 13.5. The first-order valence-electron chi connectivity index (χ1n) is 6.52. The lowest BCUT2D eigenvalue weighted by molar-refractivity contribution is -0.154. The van der Waals surface area contributed by atoms with Gasteiger partial charge in [-0.1, -0.05) is 0 Å². The topological polar surface area (TPSA) is 106 Å². The molecule has 0 amide bonds. The van der Waals surface area contributed by atoms with Crippen LogP contribution in [0.2, 0.25) is 0 Å². The van der Waals surface area contributed by atoms with Crippen LogP contribution in [0.4, 0.5) is 0 Å². The fourth-order valence-electron chi connectivity index (χ4n) is 2.29. The van der Waals surface area contributed by atoms with E-state index in [9.17, 15) is 18.3 Å². The Labute approximate surface area is 127 Å². The molecule has 7 nitrogen and oxygen atoms in total. The molecule has 0 atom stereocenters. The number of rotatable bonds is 5. The monoisotopic (exact) mass is 334 g/mol. The van der Waals surface area contributed by atoms with E-state index >= 15 is 0 Å². The van der Waals surface area contributed by atoms with Crippen molar-refractivity contribution in [2.75, 3.05) is 19.8 Å². The lowest BCUT2D eigenvalue weighted by atomic mass is 9.80. The molecule has 21 heavy (non-hydrogen) atoms. The standard InChI is InChI=1S/C12H18N2O5S2/c1-8-10(20-9(2)14-8)21(17,18)13-7-12(11(15)16)3-5-19-6-4-12/h13H,3-7H2,1-2H3,(H,15,16). The van der Waals surface area contributed by atoms with Crippen molar-refractivity contribution in [1.29, 1.82) is 0 Å². The van der Waals surface area contributed by atoms with Crippen molar-refractivity contribution >= 4 is 27.3 Å². The predicted molar refractivity (Wildman–Crippen MR) is 76.9 cm³/mol. The summed E-state index contributed by atoms with van der Waals surface area (Å²) in [4.78, 5) is 15.6. The first-order valence-corrected chi connectivity index (χ1v) is 8.82. The van der Waals surface area contributed by atoms with Crippen LogP contribution >= 0.6 is 11.3 Å². The van der Waals surface area contributed by atoms with Crippen molar-refractivity contribution < 1.29 is 23.1 Å². The molecule has 2 N–H and O–H groups in total. The maximum atomic E-state index is 12.3. The number of aryl methyl sites for hydroxylation is 2. The molecule has 0 radical (unpaired) electrons. The molecule has 9 heteroatoms. The Morgan fingerprint density at radius 2 is 2.05 bits per heavy atom. The largest absolute Gasteiger partial charge is 0.481 e. The van der Waals surface area contributed by atoms with E-state index in [4.69, 9.17) is 4.74 Å². The molecule has 1 aliphatic heterocycles. The number of aromatic nitrogens is 1. The number of aliphatic carboxylic acids is 1. The van der Waals surface area contributed by atoms with Gasteiger partial charge in [-0.3, -0.25) is 4.79 Å². The summed E-state index contributed by atoms with van der Waals surface area (Å²) in [7, 11) is -3.74. The Hall–Kier alpha value is -1.03. The fourth-order valence-corrected chi connectivity index (χ4v) is 4.94. The van der Waals surface area contributed by atoms with Gasteiger partial charge in [0.2, 0.25) is 0 Å². The highest BCUT2D eigenvalue weighted by Crippen LogP contribution is 2.31. The molecule has 0 saturated carbocycles. The van der Waals surface area contributed by atoms with Gasteiger partial charge >= 0.3 is 5.97 Å². The third kappa shape index (κ3) is 3.42. The normalized spacial score (nSPS) is 18.6. The minimum atomic E-state index is -3.74. The third-order valence-corrected chi connectivity index (χ3v) is 6.69. The fraction of sp³-hybridized carbons (Fsp3) is 0.667. The molecular weight excluding hydrogens is 316 g/mol. The highest BCUT2D eigenvalue weighted by Gasteiger charge is 2.41. The highest BCUT2D eigenvalue weighted by molar-refractivity contribution is 7.91. The molecule has 2 rings (SSSR count). The van der Waals surface area contributed by atoms with Gasteiger partial charge in [-0.15, -0.1) is 11.3 Å². The molecule has 0 spiro atoms. The molecule has 1 aromatic rings. The van der Waals surface area contributed by atoms with E-state index in [-0.39, 0.29) is 10.8 Å². The van der Waals surface area contributed by atoms with Gasteiger partial charge in [0.05, 0.1) is 16.1 Å². The van der Waals surface area contributed by atoms with Crippen LogP contribution < -0.4 is 4.72 Å². The van der Waals surface area contributed by atoms with Gasteiger partial charge in [-0.2, -0.15) is 0 Å². The maximum Gasteiger partial charge on any atom is 0.311 e. The average molecular weight is 334 g/mol. The van der Waals surface area contributed by atoms with E-state index in [2.05, 4.69) is 9.71 Å². The van der Waals surface area contributed by atoms with Gasteiger partial charge in [0, 0.05) is 19.8 Å². The van der Waals surface area contributed by atoms with Gasteiger partial charge in [0.15, 0.2) is 4.21 Å². The van der Waals surface area contributed by atoms with Crippen LogP contribution in [0.15, 0.2) is 4.21 Å². The van der Waals surface area contributed by atoms with Crippen molar-refractivity contribution in [3.8, 4) is 0 Å². The lowest BCUT2D eigenvalue weighted by Crippen LogP contribution is -2.46. The first-order chi connectivity index (χ1) is 9.77. The Morgan fingerprint density at radius 1 is 1.43 bits per heavy atom. The van der Waals surface area contributed by atoms with Gasteiger partial charge < -0.3 is 9.84 Å². The minimum Gasteiger partial charge on any atom is -0.481 e. The second-order valence-electron chi connectivity index (χ2n) is 5.13. The number of hydrogen-bond donors (Lipinski definition) is 2. The van der Waals surface area contributed by atoms with Crippen molar-refractivity contribution in [3.63, 3.8) is 0 Å². The molecule has 0 unspecified atom stereocenters. The van der Waals surface area contributed by atoms with E-state index in [1.165, 1.54) is 0 Å². The summed E-state index contributed by atoms with van der Waals surface area (Å²) >= 11 is 1.08. The highest BCUT2D eigenvalue weighted by atomic mass is 32.2. The second-order valence-corrected chi connectivity index (χ2v) is 8.29. The molecule has 2 heterocycles. The van der Waals surface area contributed by atoms with Crippen LogP contribution in [0.1, 0.15) is 23.5 Å². The van der Waals surface area contributed by atoms with Crippen LogP contribution in [0.25, 0.3) is 0 Å². The summed E-state index contributed by atoms with van der Waals surface area (Å²) in [5.41, 5.74) is -0.666. The van der Waals surface area contributed by atoms with E-state index < -0.39 is 21.4 Å². The van der Waals surface area contributed by atoms with E-state index in [0.29, 0.717) is 36.8 Å². The quantitative estimate of drug-likeness (QED) is 0.829. The SMILES string of the molecule is Cc1nc(C)c(S(=O)(=O)NCC2(C(=O)O)CCOCC2)s1. The Morgan fingerprint density at radius 3 is 2.52 bits per heavy atom. The number of sulfonamides is 1. The van der Waals surface area contributed by atoms with Crippen LogP contribution in [-0.2, 0) is 19.6 Å². The summed E-state index contributed by atoms with van der Waals surface area (Å²) in [5.74, 6) is -0.995. The number of carboxylic acid groups (broad SMARTS) is 1. The number of ether oxygens (including phenoxy) is 1. The minimum absolute atomic E-state index is 0.135. The number of carbonyl (C=O) groups is 1. The second kappa shape index (κ2) is 5.99. The number of nitrogens with zero attached hydrogens (tertiary/aromatic N) is 1. The molecule has 1 saturated heterocycles. The number of thiazole rings is 1. The lowest BCUT2D eigenvalue weighted by Gasteiger charge is -2.32. The molecule has 1 fully saturated rings. The molecule has 1 aromatic heterocycles. The van der Waals surface area contributed by atoms with Crippen LogP contribution in [0.5, 0.6) is 0 Å². The van der Waals surface area contributed by atoms with Crippen LogP contribution in [-0.4, -0.2) is 44.2 Å². The Balaban J connectivity index is 2.17. The third-order valence-electron chi connectivity index (χ3n) is 3.61. The van der Waals surface area contributed by atoms with Gasteiger partial charge in [0.1, 0.15) is 0 Å². The Bertz CT molecular complexity index is 632. The zero-order chi connectivity index (χ0) is 15.7. The maximum absolute atomic E-state index is 12.3.